The minimum atomic E-state index is 0. The van der Waals surface area contributed by atoms with Gasteiger partial charge in [-0.15, -0.1) is 4.33 Å². The Morgan fingerprint density at radius 3 is 2.50 bits per heavy atom. The van der Waals surface area contributed by atoms with Crippen molar-refractivity contribution in [2.24, 2.45) is 0 Å². The van der Waals surface area contributed by atoms with Gasteiger partial charge < -0.3 is 0 Å². The topological polar surface area (TPSA) is 27.7 Å². The molecule has 0 aromatic heterocycles. The summed E-state index contributed by atoms with van der Waals surface area (Å²) in [5.74, 6) is 0. The maximum absolute atomic E-state index is 4.42. The van der Waals surface area contributed by atoms with Gasteiger partial charge in [-0.25, -0.2) is 0 Å². The number of rotatable bonds is 0. The maximum Gasteiger partial charge on any atom is 0.197 e. The predicted molar refractivity (Wildman–Crippen MR) is 21.5 cm³/mol. The normalized spacial score (nSPS) is 20.0. The Hall–Kier alpha value is 1.23. The summed E-state index contributed by atoms with van der Waals surface area (Å²) in [5, 5.41) is 0. The summed E-state index contributed by atoms with van der Waals surface area (Å²) in [6, 6.07) is 0. The van der Waals surface area contributed by atoms with Gasteiger partial charge in [-0.2, -0.15) is 4.89 Å². The molecule has 6 heavy (non-hydrogen) atoms. The second-order valence-corrected chi connectivity index (χ2v) is 0.998. The molecule has 1 fully saturated rings. The van der Waals surface area contributed by atoms with Crippen LogP contribution < -0.4 is 0 Å². The van der Waals surface area contributed by atoms with Crippen LogP contribution in [0.5, 0.6) is 0 Å². The zero-order chi connectivity index (χ0) is 3.54. The van der Waals surface area contributed by atoms with Crippen LogP contribution in [0.3, 0.4) is 0 Å². The smallest absolute Gasteiger partial charge is 0.197 e. The van der Waals surface area contributed by atoms with E-state index in [0.29, 0.717) is 0 Å². The van der Waals surface area contributed by atoms with E-state index in [0.717, 1.165) is 12.3 Å². The van der Waals surface area contributed by atoms with Crippen molar-refractivity contribution >= 4 is 41.9 Å². The van der Waals surface area contributed by atoms with Gasteiger partial charge in [0.2, 0.25) is 0 Å². The van der Waals surface area contributed by atoms with Gasteiger partial charge in [0, 0.05) is 29.6 Å². The molecular weight excluding hydrogens is 115 g/mol. The molecule has 31 valence electrons. The zero-order valence-corrected chi connectivity index (χ0v) is 6.16. The van der Waals surface area contributed by atoms with Crippen LogP contribution in [0.25, 0.3) is 0 Å². The van der Waals surface area contributed by atoms with Crippen molar-refractivity contribution in [3.63, 3.8) is 0 Å². The number of hydrogen-bond donors (Lipinski definition) is 0. The molecule has 1 aliphatic rings. The van der Waals surface area contributed by atoms with E-state index in [9.17, 15) is 0 Å². The molecule has 0 bridgehead atoms. The molecule has 0 aliphatic carbocycles. The first-order chi connectivity index (χ1) is 2.50. The maximum atomic E-state index is 4.42. The van der Waals surface area contributed by atoms with Gasteiger partial charge in [-0.3, -0.25) is 4.18 Å². The first kappa shape index (κ1) is 7.23. The molecule has 0 saturated carbocycles. The minimum Gasteiger partial charge on any atom is -0.257 e. The van der Waals surface area contributed by atoms with Gasteiger partial charge in [0.25, 0.3) is 0 Å². The second-order valence-electron chi connectivity index (χ2n) is 0.490. The average molecular weight is 117 g/mol. The quantitative estimate of drug-likeness (QED) is 0.255. The van der Waals surface area contributed by atoms with Crippen LogP contribution in [0.2, 0.25) is 0 Å². The number of hydrogen-bond acceptors (Lipinski definition) is 4. The standard InChI is InChI=1S/CH2O3S.Na/c1-2-4-5-3-1;/h1H2;. The molecule has 0 aromatic carbocycles. The largest absolute Gasteiger partial charge is 0.257 e. The molecule has 5 heteroatoms. The second kappa shape index (κ2) is 4.39. The molecule has 1 rings (SSSR count). The predicted octanol–water partition coefficient (Wildman–Crippen LogP) is 0.105. The molecule has 1 saturated heterocycles. The van der Waals surface area contributed by atoms with Gasteiger partial charge in [-0.1, -0.05) is 0 Å². The minimum absolute atomic E-state index is 0. The van der Waals surface area contributed by atoms with E-state index < -0.39 is 0 Å². The summed E-state index contributed by atoms with van der Waals surface area (Å²) < 4.78 is 8.56. The van der Waals surface area contributed by atoms with Crippen molar-refractivity contribution in [1.82, 2.24) is 0 Å². The molecular formula is CH2NaO3S. The van der Waals surface area contributed by atoms with Crippen molar-refractivity contribution in [1.29, 1.82) is 0 Å². The van der Waals surface area contributed by atoms with Crippen molar-refractivity contribution in [3.05, 3.63) is 0 Å². The van der Waals surface area contributed by atoms with Crippen LogP contribution in [0, 0.1) is 0 Å². The Balaban J connectivity index is 0.000000250. The average Bonchev–Trinajstić information content (AvgIpc) is 1.76. The Labute approximate surface area is 62.0 Å². The molecule has 1 radical (unpaired) electrons. The van der Waals surface area contributed by atoms with Gasteiger partial charge >= 0.3 is 0 Å². The monoisotopic (exact) mass is 117 g/mol. The van der Waals surface area contributed by atoms with E-state index in [-0.39, 0.29) is 36.4 Å². The molecule has 0 atom stereocenters. The van der Waals surface area contributed by atoms with Crippen LogP contribution in [0.15, 0.2) is 0 Å². The van der Waals surface area contributed by atoms with E-state index in [1.165, 1.54) is 0 Å². The summed E-state index contributed by atoms with van der Waals surface area (Å²) in [6.07, 6.45) is 0. The van der Waals surface area contributed by atoms with E-state index in [1.807, 2.05) is 0 Å². The fourth-order valence-corrected chi connectivity index (χ4v) is 0.295. The Kier molecular flexibility index (Phi) is 5.29. The summed E-state index contributed by atoms with van der Waals surface area (Å²) in [4.78, 5) is 4.19. The van der Waals surface area contributed by atoms with Gasteiger partial charge in [-0.05, 0) is 0 Å². The zero-order valence-electron chi connectivity index (χ0n) is 3.34. The van der Waals surface area contributed by atoms with E-state index in [4.69, 9.17) is 0 Å². The van der Waals surface area contributed by atoms with Crippen molar-refractivity contribution < 1.29 is 13.4 Å². The van der Waals surface area contributed by atoms with E-state index >= 15 is 0 Å². The van der Waals surface area contributed by atoms with Crippen LogP contribution >= 0.6 is 12.3 Å². The van der Waals surface area contributed by atoms with Crippen LogP contribution in [-0.2, 0) is 13.4 Å². The molecule has 0 amide bonds. The molecule has 0 unspecified atom stereocenters. The molecule has 0 aromatic rings. The SMILES string of the molecule is C1OOSO1.[Na]. The van der Waals surface area contributed by atoms with Gasteiger partial charge in [0.15, 0.2) is 19.1 Å². The fraction of sp³-hybridized carbons (Fsp3) is 1.00. The molecule has 0 spiro atoms. The van der Waals surface area contributed by atoms with E-state index in [1.54, 1.807) is 0 Å². The van der Waals surface area contributed by atoms with Gasteiger partial charge in [0.05, 0.1) is 0 Å². The van der Waals surface area contributed by atoms with Crippen LogP contribution in [-0.4, -0.2) is 36.4 Å². The van der Waals surface area contributed by atoms with Crippen molar-refractivity contribution in [3.8, 4) is 0 Å². The first-order valence-electron chi connectivity index (χ1n) is 1.08. The molecule has 1 aliphatic heterocycles. The fourth-order valence-electron chi connectivity index (χ4n) is 0.0982. The molecule has 0 N–H and O–H groups in total. The third kappa shape index (κ3) is 2.41. The first-order valence-corrected chi connectivity index (χ1v) is 1.74. The summed E-state index contributed by atoms with van der Waals surface area (Å²) in [7, 11) is 0. The Morgan fingerprint density at radius 2 is 2.33 bits per heavy atom. The summed E-state index contributed by atoms with van der Waals surface area (Å²) in [5.41, 5.74) is 0. The summed E-state index contributed by atoms with van der Waals surface area (Å²) in [6.45, 7) is 0.241. The third-order valence-electron chi connectivity index (χ3n) is 0.220. The van der Waals surface area contributed by atoms with Crippen molar-refractivity contribution in [2.45, 2.75) is 0 Å². The Morgan fingerprint density at radius 1 is 1.50 bits per heavy atom. The van der Waals surface area contributed by atoms with Gasteiger partial charge in [0.1, 0.15) is 0 Å². The van der Waals surface area contributed by atoms with Crippen LogP contribution in [0.1, 0.15) is 0 Å². The molecule has 1 heterocycles. The molecule has 3 nitrogen and oxygen atoms in total. The Bertz CT molecular complexity index is 22.4. The van der Waals surface area contributed by atoms with Crippen LogP contribution in [0.4, 0.5) is 0 Å². The van der Waals surface area contributed by atoms with E-state index in [2.05, 4.69) is 13.4 Å². The van der Waals surface area contributed by atoms with Crippen molar-refractivity contribution in [2.75, 3.05) is 6.79 Å². The third-order valence-corrected chi connectivity index (χ3v) is 0.564. The summed E-state index contributed by atoms with van der Waals surface area (Å²) >= 11 is 0.852.